The van der Waals surface area contributed by atoms with Crippen LogP contribution in [0.15, 0.2) is 0 Å². The Kier molecular flexibility index (Phi) is 4.85. The zero-order valence-electron chi connectivity index (χ0n) is 12.5. The van der Waals surface area contributed by atoms with Crippen LogP contribution in [0.2, 0.25) is 0 Å². The molecule has 1 aliphatic carbocycles. The lowest BCUT2D eigenvalue weighted by molar-refractivity contribution is -0.137. The molecule has 1 saturated heterocycles. The largest absolute Gasteiger partial charge is 0.339 e. The SMILES string of the molecule is CCN(CC)C1CCN(C(=O)C2(N)CCCCC2)C1. The maximum atomic E-state index is 12.6. The highest BCUT2D eigenvalue weighted by molar-refractivity contribution is 5.86. The van der Waals surface area contributed by atoms with Crippen molar-refractivity contribution in [2.75, 3.05) is 26.2 Å². The summed E-state index contributed by atoms with van der Waals surface area (Å²) in [6.45, 7) is 8.28. The van der Waals surface area contributed by atoms with Crippen LogP contribution < -0.4 is 5.73 Å². The lowest BCUT2D eigenvalue weighted by atomic mass is 9.81. The molecule has 0 aromatic rings. The number of hydrogen-bond donors (Lipinski definition) is 1. The van der Waals surface area contributed by atoms with Crippen LogP contribution in [0.5, 0.6) is 0 Å². The Bertz CT molecular complexity index is 309. The number of carbonyl (C=O) groups is 1. The molecule has 0 radical (unpaired) electrons. The molecule has 0 bridgehead atoms. The number of likely N-dealkylation sites (N-methyl/N-ethyl adjacent to an activating group) is 1. The van der Waals surface area contributed by atoms with Crippen molar-refractivity contribution in [1.82, 2.24) is 9.80 Å². The molecule has 2 rings (SSSR count). The van der Waals surface area contributed by atoms with Gasteiger partial charge in [0.05, 0.1) is 5.54 Å². The van der Waals surface area contributed by atoms with Gasteiger partial charge < -0.3 is 10.6 Å². The van der Waals surface area contributed by atoms with Gasteiger partial charge in [-0.05, 0) is 32.4 Å². The third-order valence-electron chi connectivity index (χ3n) is 4.95. The quantitative estimate of drug-likeness (QED) is 0.841. The lowest BCUT2D eigenvalue weighted by Crippen LogP contribution is -2.56. The van der Waals surface area contributed by atoms with Crippen molar-refractivity contribution in [3.05, 3.63) is 0 Å². The van der Waals surface area contributed by atoms with E-state index < -0.39 is 5.54 Å². The standard InChI is InChI=1S/C15H29N3O/c1-3-17(4-2)13-8-11-18(12-13)14(19)15(16)9-6-5-7-10-15/h13H,3-12,16H2,1-2H3. The van der Waals surface area contributed by atoms with E-state index in [0.717, 1.165) is 58.3 Å². The maximum absolute atomic E-state index is 12.6. The van der Waals surface area contributed by atoms with Crippen molar-refractivity contribution < 1.29 is 4.79 Å². The van der Waals surface area contributed by atoms with E-state index in [4.69, 9.17) is 5.73 Å². The minimum Gasteiger partial charge on any atom is -0.339 e. The average Bonchev–Trinajstić information content (AvgIpc) is 2.90. The molecule has 2 fully saturated rings. The van der Waals surface area contributed by atoms with Gasteiger partial charge in [0.2, 0.25) is 5.91 Å². The van der Waals surface area contributed by atoms with Crippen molar-refractivity contribution >= 4 is 5.91 Å². The predicted octanol–water partition coefficient (Wildman–Crippen LogP) is 1.59. The maximum Gasteiger partial charge on any atom is 0.242 e. The van der Waals surface area contributed by atoms with E-state index in [1.807, 2.05) is 4.90 Å². The van der Waals surface area contributed by atoms with Crippen molar-refractivity contribution in [3.8, 4) is 0 Å². The Labute approximate surface area is 117 Å². The van der Waals surface area contributed by atoms with E-state index in [2.05, 4.69) is 18.7 Å². The first-order valence-corrected chi connectivity index (χ1v) is 7.93. The molecule has 2 aliphatic rings. The summed E-state index contributed by atoms with van der Waals surface area (Å²) in [5.41, 5.74) is 5.81. The fourth-order valence-corrected chi connectivity index (χ4v) is 3.68. The third-order valence-corrected chi connectivity index (χ3v) is 4.95. The second-order valence-electron chi connectivity index (χ2n) is 6.13. The molecule has 1 unspecified atom stereocenters. The molecule has 2 N–H and O–H groups in total. The molecule has 4 nitrogen and oxygen atoms in total. The fourth-order valence-electron chi connectivity index (χ4n) is 3.68. The van der Waals surface area contributed by atoms with Crippen molar-refractivity contribution in [3.63, 3.8) is 0 Å². The molecule has 0 aromatic carbocycles. The van der Waals surface area contributed by atoms with Crippen molar-refractivity contribution in [1.29, 1.82) is 0 Å². The van der Waals surface area contributed by atoms with Gasteiger partial charge in [-0.3, -0.25) is 9.69 Å². The molecule has 1 saturated carbocycles. The molecule has 1 aliphatic heterocycles. The normalized spacial score (nSPS) is 26.9. The Morgan fingerprint density at radius 1 is 1.26 bits per heavy atom. The van der Waals surface area contributed by atoms with Gasteiger partial charge in [-0.1, -0.05) is 33.1 Å². The molecule has 0 aromatic heterocycles. The first-order valence-electron chi connectivity index (χ1n) is 7.93. The fraction of sp³-hybridized carbons (Fsp3) is 0.933. The van der Waals surface area contributed by atoms with Crippen LogP contribution in [0, 0.1) is 0 Å². The molecule has 1 heterocycles. The molecule has 0 spiro atoms. The van der Waals surface area contributed by atoms with E-state index in [1.165, 1.54) is 6.42 Å². The summed E-state index contributed by atoms with van der Waals surface area (Å²) in [6, 6.07) is 0.533. The van der Waals surface area contributed by atoms with Crippen LogP contribution in [0.3, 0.4) is 0 Å². The number of likely N-dealkylation sites (tertiary alicyclic amines) is 1. The van der Waals surface area contributed by atoms with Crippen LogP contribution >= 0.6 is 0 Å². The summed E-state index contributed by atoms with van der Waals surface area (Å²) in [4.78, 5) is 17.1. The van der Waals surface area contributed by atoms with Crippen LogP contribution in [-0.4, -0.2) is 53.5 Å². The van der Waals surface area contributed by atoms with E-state index in [0.29, 0.717) is 6.04 Å². The molecule has 4 heteroatoms. The number of carbonyl (C=O) groups excluding carboxylic acids is 1. The van der Waals surface area contributed by atoms with Gasteiger partial charge in [-0.15, -0.1) is 0 Å². The highest BCUT2D eigenvalue weighted by atomic mass is 16.2. The van der Waals surface area contributed by atoms with Crippen LogP contribution in [-0.2, 0) is 4.79 Å². The zero-order valence-corrected chi connectivity index (χ0v) is 12.5. The number of nitrogens with two attached hydrogens (primary N) is 1. The summed E-state index contributed by atoms with van der Waals surface area (Å²) in [7, 11) is 0. The molecule has 1 atom stereocenters. The summed E-state index contributed by atoms with van der Waals surface area (Å²) < 4.78 is 0. The van der Waals surface area contributed by atoms with Gasteiger partial charge in [-0.2, -0.15) is 0 Å². The number of amides is 1. The Morgan fingerprint density at radius 2 is 1.89 bits per heavy atom. The van der Waals surface area contributed by atoms with E-state index >= 15 is 0 Å². The topological polar surface area (TPSA) is 49.6 Å². The summed E-state index contributed by atoms with van der Waals surface area (Å²) in [5, 5.41) is 0. The number of nitrogens with zero attached hydrogens (tertiary/aromatic N) is 2. The average molecular weight is 267 g/mol. The highest BCUT2D eigenvalue weighted by Gasteiger charge is 2.41. The molecule has 19 heavy (non-hydrogen) atoms. The van der Waals surface area contributed by atoms with Crippen LogP contribution in [0.1, 0.15) is 52.4 Å². The van der Waals surface area contributed by atoms with Gasteiger partial charge in [0.15, 0.2) is 0 Å². The number of hydrogen-bond acceptors (Lipinski definition) is 3. The Hall–Kier alpha value is -0.610. The minimum atomic E-state index is -0.559. The molecule has 110 valence electrons. The van der Waals surface area contributed by atoms with E-state index in [9.17, 15) is 4.79 Å². The van der Waals surface area contributed by atoms with Gasteiger partial charge >= 0.3 is 0 Å². The van der Waals surface area contributed by atoms with Crippen molar-refractivity contribution in [2.24, 2.45) is 5.73 Å². The van der Waals surface area contributed by atoms with E-state index in [1.54, 1.807) is 0 Å². The van der Waals surface area contributed by atoms with Crippen molar-refractivity contribution in [2.45, 2.75) is 64.0 Å². The minimum absolute atomic E-state index is 0.210. The first kappa shape index (κ1) is 14.8. The monoisotopic (exact) mass is 267 g/mol. The van der Waals surface area contributed by atoms with E-state index in [-0.39, 0.29) is 5.91 Å². The molecule has 1 amide bonds. The second kappa shape index (κ2) is 6.23. The zero-order chi connectivity index (χ0) is 13.9. The Balaban J connectivity index is 1.94. The third kappa shape index (κ3) is 3.11. The highest BCUT2D eigenvalue weighted by Crippen LogP contribution is 2.29. The summed E-state index contributed by atoms with van der Waals surface area (Å²) >= 11 is 0. The summed E-state index contributed by atoms with van der Waals surface area (Å²) in [6.07, 6.45) is 6.29. The first-order chi connectivity index (χ1) is 9.10. The van der Waals surface area contributed by atoms with Crippen LogP contribution in [0.4, 0.5) is 0 Å². The summed E-state index contributed by atoms with van der Waals surface area (Å²) in [5.74, 6) is 0.210. The Morgan fingerprint density at radius 3 is 2.47 bits per heavy atom. The second-order valence-corrected chi connectivity index (χ2v) is 6.13. The van der Waals surface area contributed by atoms with Crippen LogP contribution in [0.25, 0.3) is 0 Å². The van der Waals surface area contributed by atoms with Gasteiger partial charge in [0.25, 0.3) is 0 Å². The van der Waals surface area contributed by atoms with Gasteiger partial charge in [0.1, 0.15) is 0 Å². The molecular weight excluding hydrogens is 238 g/mol. The van der Waals surface area contributed by atoms with Gasteiger partial charge in [-0.25, -0.2) is 0 Å². The number of rotatable bonds is 4. The lowest BCUT2D eigenvalue weighted by Gasteiger charge is -2.35. The predicted molar refractivity (Wildman–Crippen MR) is 77.9 cm³/mol. The van der Waals surface area contributed by atoms with Gasteiger partial charge in [0, 0.05) is 19.1 Å². The smallest absolute Gasteiger partial charge is 0.242 e. The molecular formula is C15H29N3O.